The van der Waals surface area contributed by atoms with Crippen LogP contribution in [0.3, 0.4) is 0 Å². The first-order chi connectivity index (χ1) is 7.41. The Hall–Kier alpha value is -1.06. The smallest absolute Gasteiger partial charge is 0.323 e. The summed E-state index contributed by atoms with van der Waals surface area (Å²) in [6.45, 7) is 5.40. The van der Waals surface area contributed by atoms with Crippen molar-refractivity contribution in [1.82, 2.24) is 0 Å². The number of nitrogens with two attached hydrogens (primary N) is 1. The fourth-order valence-corrected chi connectivity index (χ4v) is 1.49. The molecular formula is C13H20ClNO2. The van der Waals surface area contributed by atoms with Crippen molar-refractivity contribution in [3.05, 3.63) is 35.9 Å². The van der Waals surface area contributed by atoms with E-state index in [-0.39, 0.29) is 18.4 Å². The normalized spacial score (nSPS) is 12.5. The number of benzene rings is 1. The van der Waals surface area contributed by atoms with Crippen LogP contribution in [0.25, 0.3) is 0 Å². The molecule has 4 heteroatoms. The lowest BCUT2D eigenvalue weighted by Gasteiger charge is -2.26. The van der Waals surface area contributed by atoms with Gasteiger partial charge < -0.3 is 10.5 Å². The first-order valence-electron chi connectivity index (χ1n) is 5.43. The summed E-state index contributed by atoms with van der Waals surface area (Å²) >= 11 is 0. The molecule has 0 saturated carbocycles. The maximum atomic E-state index is 11.4. The van der Waals surface area contributed by atoms with Gasteiger partial charge in [-0.05, 0) is 26.3 Å². The molecule has 1 rings (SSSR count). The summed E-state index contributed by atoms with van der Waals surface area (Å²) in [7, 11) is 0. The summed E-state index contributed by atoms with van der Waals surface area (Å²) in [6.07, 6.45) is 0.687. The topological polar surface area (TPSA) is 52.3 Å². The predicted octanol–water partition coefficient (Wildman–Crippen LogP) is 2.32. The third-order valence-corrected chi connectivity index (χ3v) is 2.22. The second-order valence-corrected chi connectivity index (χ2v) is 4.63. The molecule has 0 aliphatic rings. The number of rotatable bonds is 4. The minimum Gasteiger partial charge on any atom is -0.458 e. The molecule has 2 N–H and O–H groups in total. The van der Waals surface area contributed by atoms with Crippen LogP contribution >= 0.6 is 12.4 Å². The van der Waals surface area contributed by atoms with Gasteiger partial charge in [-0.2, -0.15) is 0 Å². The number of carbonyl (C=O) groups is 1. The van der Waals surface area contributed by atoms with E-state index in [0.29, 0.717) is 6.42 Å². The Labute approximate surface area is 109 Å². The molecule has 17 heavy (non-hydrogen) atoms. The molecule has 0 aromatic heterocycles. The molecule has 0 bridgehead atoms. The van der Waals surface area contributed by atoms with Crippen molar-refractivity contribution in [3.63, 3.8) is 0 Å². The van der Waals surface area contributed by atoms with Crippen LogP contribution in [0, 0.1) is 0 Å². The molecule has 3 nitrogen and oxygen atoms in total. The zero-order valence-corrected chi connectivity index (χ0v) is 11.3. The lowest BCUT2D eigenvalue weighted by atomic mass is 9.98. The largest absolute Gasteiger partial charge is 0.458 e. The number of esters is 1. The van der Waals surface area contributed by atoms with Crippen molar-refractivity contribution in [2.24, 2.45) is 5.73 Å². The van der Waals surface area contributed by atoms with E-state index in [2.05, 4.69) is 0 Å². The highest BCUT2D eigenvalue weighted by Gasteiger charge is 2.24. The van der Waals surface area contributed by atoms with Crippen molar-refractivity contribution >= 4 is 18.4 Å². The third kappa shape index (κ3) is 5.71. The van der Waals surface area contributed by atoms with Gasteiger partial charge in [0.15, 0.2) is 0 Å². The summed E-state index contributed by atoms with van der Waals surface area (Å²) in [6, 6.07) is 9.36. The van der Waals surface area contributed by atoms with Gasteiger partial charge in [-0.25, -0.2) is 0 Å². The highest BCUT2D eigenvalue weighted by Crippen LogP contribution is 2.17. The van der Waals surface area contributed by atoms with Crippen molar-refractivity contribution in [2.45, 2.75) is 38.8 Å². The molecule has 0 heterocycles. The van der Waals surface area contributed by atoms with Gasteiger partial charge in [0.1, 0.15) is 11.6 Å². The molecule has 1 atom stereocenters. The summed E-state index contributed by atoms with van der Waals surface area (Å²) in [4.78, 5) is 11.4. The van der Waals surface area contributed by atoms with Crippen LogP contribution in [-0.4, -0.2) is 17.6 Å². The highest BCUT2D eigenvalue weighted by molar-refractivity contribution is 5.85. The van der Waals surface area contributed by atoms with Crippen LogP contribution in [0.15, 0.2) is 30.3 Å². The average Bonchev–Trinajstić information content (AvgIpc) is 2.17. The number of ether oxygens (including phenoxy) is 1. The van der Waals surface area contributed by atoms with E-state index < -0.39 is 11.6 Å². The van der Waals surface area contributed by atoms with Crippen LogP contribution in [0.1, 0.15) is 26.3 Å². The molecule has 0 radical (unpaired) electrons. The van der Waals surface area contributed by atoms with Crippen molar-refractivity contribution in [2.75, 3.05) is 0 Å². The van der Waals surface area contributed by atoms with Crippen molar-refractivity contribution in [1.29, 1.82) is 0 Å². The van der Waals surface area contributed by atoms with Gasteiger partial charge in [-0.1, -0.05) is 30.3 Å². The first kappa shape index (κ1) is 15.9. The summed E-state index contributed by atoms with van der Waals surface area (Å²) in [5.41, 5.74) is 6.08. The Kier molecular flexibility index (Phi) is 6.21. The van der Waals surface area contributed by atoms with E-state index in [0.717, 1.165) is 5.56 Å². The zero-order chi connectivity index (χ0) is 12.2. The SMILES string of the molecule is CC(N)C(=O)OC(C)(C)Cc1ccccc1.Cl. The Balaban J connectivity index is 0.00000256. The summed E-state index contributed by atoms with van der Waals surface area (Å²) in [5.74, 6) is -0.360. The molecule has 0 amide bonds. The molecule has 0 aliphatic carbocycles. The maximum Gasteiger partial charge on any atom is 0.323 e. The number of hydrogen-bond donors (Lipinski definition) is 1. The Morgan fingerprint density at radius 3 is 2.35 bits per heavy atom. The van der Waals surface area contributed by atoms with E-state index in [1.807, 2.05) is 44.2 Å². The lowest BCUT2D eigenvalue weighted by molar-refractivity contribution is -0.157. The minimum atomic E-state index is -0.574. The summed E-state index contributed by atoms with van der Waals surface area (Å²) < 4.78 is 5.34. The molecule has 1 unspecified atom stereocenters. The van der Waals surface area contributed by atoms with Gasteiger partial charge >= 0.3 is 5.97 Å². The third-order valence-electron chi connectivity index (χ3n) is 2.22. The van der Waals surface area contributed by atoms with Crippen LogP contribution < -0.4 is 5.73 Å². The number of carbonyl (C=O) groups excluding carboxylic acids is 1. The molecule has 1 aromatic carbocycles. The summed E-state index contributed by atoms with van der Waals surface area (Å²) in [5, 5.41) is 0. The standard InChI is InChI=1S/C13H19NO2.ClH/c1-10(14)12(15)16-13(2,3)9-11-7-5-4-6-8-11;/h4-8,10H,9,14H2,1-3H3;1H. The van der Waals surface area contributed by atoms with Gasteiger partial charge in [-0.3, -0.25) is 4.79 Å². The molecule has 0 fully saturated rings. The van der Waals surface area contributed by atoms with E-state index >= 15 is 0 Å². The van der Waals surface area contributed by atoms with Crippen LogP contribution in [0.4, 0.5) is 0 Å². The number of halogens is 1. The Morgan fingerprint density at radius 2 is 1.88 bits per heavy atom. The van der Waals surface area contributed by atoms with Gasteiger partial charge in [-0.15, -0.1) is 12.4 Å². The molecule has 0 saturated heterocycles. The monoisotopic (exact) mass is 257 g/mol. The van der Waals surface area contributed by atoms with Crippen molar-refractivity contribution < 1.29 is 9.53 Å². The van der Waals surface area contributed by atoms with E-state index in [1.54, 1.807) is 6.92 Å². The highest BCUT2D eigenvalue weighted by atomic mass is 35.5. The Bertz CT molecular complexity index is 350. The van der Waals surface area contributed by atoms with E-state index in [4.69, 9.17) is 10.5 Å². The zero-order valence-electron chi connectivity index (χ0n) is 10.5. The fraction of sp³-hybridized carbons (Fsp3) is 0.462. The van der Waals surface area contributed by atoms with Crippen molar-refractivity contribution in [3.8, 4) is 0 Å². The Morgan fingerprint density at radius 1 is 1.35 bits per heavy atom. The van der Waals surface area contributed by atoms with Gasteiger partial charge in [0.25, 0.3) is 0 Å². The number of hydrogen-bond acceptors (Lipinski definition) is 3. The molecule has 0 spiro atoms. The van der Waals surface area contributed by atoms with Crippen LogP contribution in [0.5, 0.6) is 0 Å². The predicted molar refractivity (Wildman–Crippen MR) is 71.2 cm³/mol. The van der Waals surface area contributed by atoms with Crippen LogP contribution in [-0.2, 0) is 16.0 Å². The molecule has 96 valence electrons. The van der Waals surface area contributed by atoms with Gasteiger partial charge in [0.05, 0.1) is 0 Å². The van der Waals surface area contributed by atoms with Crippen LogP contribution in [0.2, 0.25) is 0 Å². The second-order valence-electron chi connectivity index (χ2n) is 4.63. The minimum absolute atomic E-state index is 0. The van der Waals surface area contributed by atoms with E-state index in [9.17, 15) is 4.79 Å². The fourth-order valence-electron chi connectivity index (χ4n) is 1.49. The second kappa shape index (κ2) is 6.62. The lowest BCUT2D eigenvalue weighted by Crippen LogP contribution is -2.38. The van der Waals surface area contributed by atoms with Gasteiger partial charge in [0, 0.05) is 6.42 Å². The van der Waals surface area contributed by atoms with E-state index in [1.165, 1.54) is 0 Å². The first-order valence-corrected chi connectivity index (χ1v) is 5.43. The average molecular weight is 258 g/mol. The van der Waals surface area contributed by atoms with Gasteiger partial charge in [0.2, 0.25) is 0 Å². The quantitative estimate of drug-likeness (QED) is 0.843. The molecule has 1 aromatic rings. The molecular weight excluding hydrogens is 238 g/mol. The maximum absolute atomic E-state index is 11.4. The molecule has 0 aliphatic heterocycles.